The molecule has 0 fully saturated rings. The van der Waals surface area contributed by atoms with Crippen LogP contribution in [-0.2, 0) is 9.59 Å². The number of hydrogen-bond acceptors (Lipinski definition) is 3. The number of rotatable bonds is 5. The summed E-state index contributed by atoms with van der Waals surface area (Å²) in [7, 11) is 0. The van der Waals surface area contributed by atoms with Crippen LogP contribution in [0.25, 0.3) is 0 Å². The highest BCUT2D eigenvalue weighted by molar-refractivity contribution is 5.82. The summed E-state index contributed by atoms with van der Waals surface area (Å²) in [6.07, 6.45) is -0.0240. The van der Waals surface area contributed by atoms with Crippen LogP contribution >= 0.6 is 0 Å². The SMILES string of the molecule is CC(C)(CC(N)=O)NC(=O)N(CC(=O)O)C(C)(C)C. The Morgan fingerprint density at radius 3 is 1.95 bits per heavy atom. The molecule has 0 radical (unpaired) electrons. The van der Waals surface area contributed by atoms with Crippen LogP contribution in [-0.4, -0.2) is 45.5 Å². The van der Waals surface area contributed by atoms with E-state index in [1.165, 1.54) is 4.90 Å². The Morgan fingerprint density at radius 1 is 1.16 bits per heavy atom. The van der Waals surface area contributed by atoms with Gasteiger partial charge in [-0.05, 0) is 34.6 Å². The number of nitrogens with two attached hydrogens (primary N) is 1. The number of carbonyl (C=O) groups excluding carboxylic acids is 2. The highest BCUT2D eigenvalue weighted by atomic mass is 16.4. The lowest BCUT2D eigenvalue weighted by Gasteiger charge is -2.37. The maximum atomic E-state index is 12.1. The predicted molar refractivity (Wildman–Crippen MR) is 70.5 cm³/mol. The molecule has 0 rings (SSSR count). The van der Waals surface area contributed by atoms with Gasteiger partial charge in [-0.2, -0.15) is 0 Å². The van der Waals surface area contributed by atoms with Crippen LogP contribution in [0.1, 0.15) is 41.0 Å². The molecule has 7 heteroatoms. The molecule has 0 saturated carbocycles. The number of carboxylic acid groups (broad SMARTS) is 1. The molecule has 4 N–H and O–H groups in total. The molecular weight excluding hydrogens is 250 g/mol. The van der Waals surface area contributed by atoms with Crippen LogP contribution in [0, 0.1) is 0 Å². The van der Waals surface area contributed by atoms with Gasteiger partial charge in [-0.1, -0.05) is 0 Å². The van der Waals surface area contributed by atoms with E-state index in [2.05, 4.69) is 5.32 Å². The van der Waals surface area contributed by atoms with Crippen molar-refractivity contribution in [2.24, 2.45) is 5.73 Å². The van der Waals surface area contributed by atoms with Crippen molar-refractivity contribution in [3.63, 3.8) is 0 Å². The summed E-state index contributed by atoms with van der Waals surface area (Å²) in [4.78, 5) is 35.0. The third kappa shape index (κ3) is 6.64. The lowest BCUT2D eigenvalue weighted by Crippen LogP contribution is -2.57. The van der Waals surface area contributed by atoms with Gasteiger partial charge in [0.15, 0.2) is 0 Å². The number of hydrogen-bond donors (Lipinski definition) is 3. The minimum absolute atomic E-state index is 0.0240. The molecule has 7 nitrogen and oxygen atoms in total. The summed E-state index contributed by atoms with van der Waals surface area (Å²) >= 11 is 0. The van der Waals surface area contributed by atoms with Gasteiger partial charge in [-0.15, -0.1) is 0 Å². The summed E-state index contributed by atoms with van der Waals surface area (Å²) in [5, 5.41) is 11.5. The van der Waals surface area contributed by atoms with E-state index in [0.717, 1.165) is 0 Å². The molecule has 110 valence electrons. The summed E-state index contributed by atoms with van der Waals surface area (Å²) in [5.74, 6) is -1.64. The highest BCUT2D eigenvalue weighted by Gasteiger charge is 2.32. The molecular formula is C12H23N3O4. The Morgan fingerprint density at radius 2 is 1.63 bits per heavy atom. The van der Waals surface area contributed by atoms with Crippen molar-refractivity contribution in [3.05, 3.63) is 0 Å². The zero-order valence-corrected chi connectivity index (χ0v) is 12.1. The first-order valence-electron chi connectivity index (χ1n) is 5.95. The number of carbonyl (C=O) groups is 3. The number of nitrogens with zero attached hydrogens (tertiary/aromatic N) is 1. The standard InChI is InChI=1S/C12H23N3O4/c1-11(2,3)15(7-9(17)18)10(19)14-12(4,5)6-8(13)16/h6-7H2,1-5H3,(H2,13,16)(H,14,19)(H,17,18). The van der Waals surface area contributed by atoms with Crippen LogP contribution < -0.4 is 11.1 Å². The summed E-state index contributed by atoms with van der Waals surface area (Å²) in [6.45, 7) is 8.08. The van der Waals surface area contributed by atoms with Crippen LogP contribution in [0.4, 0.5) is 4.79 Å². The van der Waals surface area contributed by atoms with E-state index < -0.39 is 35.5 Å². The Kier molecular flexibility index (Phi) is 5.34. The van der Waals surface area contributed by atoms with Crippen molar-refractivity contribution in [2.75, 3.05) is 6.54 Å². The van der Waals surface area contributed by atoms with Crippen LogP contribution in [0.2, 0.25) is 0 Å². The van der Waals surface area contributed by atoms with Crippen molar-refractivity contribution in [2.45, 2.75) is 52.1 Å². The summed E-state index contributed by atoms with van der Waals surface area (Å²) < 4.78 is 0. The smallest absolute Gasteiger partial charge is 0.323 e. The van der Waals surface area contributed by atoms with Crippen LogP contribution in [0.3, 0.4) is 0 Å². The minimum atomic E-state index is -1.10. The average Bonchev–Trinajstić information content (AvgIpc) is 2.08. The number of urea groups is 1. The van der Waals surface area contributed by atoms with E-state index >= 15 is 0 Å². The third-order valence-electron chi connectivity index (χ3n) is 2.41. The third-order valence-corrected chi connectivity index (χ3v) is 2.41. The Hall–Kier alpha value is -1.79. The molecule has 3 amide bonds. The van der Waals surface area contributed by atoms with E-state index in [1.54, 1.807) is 34.6 Å². The largest absolute Gasteiger partial charge is 0.480 e. The lowest BCUT2D eigenvalue weighted by molar-refractivity contribution is -0.138. The zero-order chi connectivity index (χ0) is 15.4. The second-order valence-electron chi connectivity index (χ2n) is 6.11. The molecule has 0 spiro atoms. The molecule has 0 saturated heterocycles. The maximum absolute atomic E-state index is 12.1. The predicted octanol–water partition coefficient (Wildman–Crippen LogP) is 0.535. The first-order valence-corrected chi connectivity index (χ1v) is 5.95. The molecule has 0 unspecified atom stereocenters. The molecule has 0 aromatic carbocycles. The first-order chi connectivity index (χ1) is 8.35. The van der Waals surface area contributed by atoms with Crippen LogP contribution in [0.5, 0.6) is 0 Å². The van der Waals surface area contributed by atoms with E-state index in [-0.39, 0.29) is 6.42 Å². The molecule has 0 heterocycles. The molecule has 0 atom stereocenters. The average molecular weight is 273 g/mol. The molecule has 19 heavy (non-hydrogen) atoms. The van der Waals surface area contributed by atoms with Crippen molar-refractivity contribution >= 4 is 17.9 Å². The van der Waals surface area contributed by atoms with Gasteiger partial charge in [-0.3, -0.25) is 9.59 Å². The van der Waals surface area contributed by atoms with Gasteiger partial charge >= 0.3 is 12.0 Å². The van der Waals surface area contributed by atoms with E-state index in [9.17, 15) is 14.4 Å². The molecule has 0 aliphatic carbocycles. The topological polar surface area (TPSA) is 113 Å². The first kappa shape index (κ1) is 17.2. The van der Waals surface area contributed by atoms with Gasteiger partial charge in [0.05, 0.1) is 0 Å². The second kappa shape index (κ2) is 5.90. The van der Waals surface area contributed by atoms with Crippen molar-refractivity contribution in [3.8, 4) is 0 Å². The van der Waals surface area contributed by atoms with Gasteiger partial charge < -0.3 is 21.1 Å². The molecule has 0 aromatic rings. The fraction of sp³-hybridized carbons (Fsp3) is 0.750. The maximum Gasteiger partial charge on any atom is 0.323 e. The monoisotopic (exact) mass is 273 g/mol. The summed E-state index contributed by atoms with van der Waals surface area (Å²) in [5.41, 5.74) is 3.62. The fourth-order valence-corrected chi connectivity index (χ4v) is 1.59. The molecule has 0 aliphatic heterocycles. The molecule has 0 aliphatic rings. The van der Waals surface area contributed by atoms with Gasteiger partial charge in [-0.25, -0.2) is 4.79 Å². The van der Waals surface area contributed by atoms with Crippen molar-refractivity contribution in [1.29, 1.82) is 0 Å². The summed E-state index contributed by atoms with van der Waals surface area (Å²) in [6, 6.07) is -0.541. The molecule has 0 bridgehead atoms. The Bertz CT molecular complexity index is 372. The molecule has 0 aromatic heterocycles. The number of aliphatic carboxylic acids is 1. The van der Waals surface area contributed by atoms with Gasteiger partial charge in [0, 0.05) is 17.5 Å². The highest BCUT2D eigenvalue weighted by Crippen LogP contribution is 2.15. The quantitative estimate of drug-likeness (QED) is 0.678. The zero-order valence-electron chi connectivity index (χ0n) is 12.1. The fourth-order valence-electron chi connectivity index (χ4n) is 1.59. The Labute approximate surface area is 113 Å². The number of amides is 3. The minimum Gasteiger partial charge on any atom is -0.480 e. The van der Waals surface area contributed by atoms with Gasteiger partial charge in [0.25, 0.3) is 0 Å². The van der Waals surface area contributed by atoms with Gasteiger partial charge in [0.1, 0.15) is 6.54 Å². The van der Waals surface area contributed by atoms with E-state index in [1.807, 2.05) is 0 Å². The second-order valence-corrected chi connectivity index (χ2v) is 6.11. The number of carboxylic acids is 1. The Balaban J connectivity index is 4.92. The van der Waals surface area contributed by atoms with Gasteiger partial charge in [0.2, 0.25) is 5.91 Å². The number of primary amides is 1. The van der Waals surface area contributed by atoms with E-state index in [0.29, 0.717) is 0 Å². The number of nitrogens with one attached hydrogen (secondary N) is 1. The van der Waals surface area contributed by atoms with Crippen molar-refractivity contribution < 1.29 is 19.5 Å². The van der Waals surface area contributed by atoms with Crippen molar-refractivity contribution in [1.82, 2.24) is 10.2 Å². The van der Waals surface area contributed by atoms with E-state index in [4.69, 9.17) is 10.8 Å². The van der Waals surface area contributed by atoms with Crippen LogP contribution in [0.15, 0.2) is 0 Å². The normalized spacial score (nSPS) is 11.8. The lowest BCUT2D eigenvalue weighted by atomic mass is 10.00.